The summed E-state index contributed by atoms with van der Waals surface area (Å²) in [5, 5.41) is 24.1. The van der Waals surface area contributed by atoms with Crippen molar-refractivity contribution in [2.45, 2.75) is 90.6 Å². The molecule has 14 atom stereocenters. The molecule has 5 fully saturated rings. The van der Waals surface area contributed by atoms with Gasteiger partial charge >= 0.3 is 11.9 Å². The number of hydrogen-bond acceptors (Lipinski definition) is 6. The fraction of sp³-hybridized carbons (Fsp3) is 0.800. The van der Waals surface area contributed by atoms with Crippen molar-refractivity contribution in [1.82, 2.24) is 0 Å². The van der Waals surface area contributed by atoms with Crippen LogP contribution in [0.3, 0.4) is 0 Å². The summed E-state index contributed by atoms with van der Waals surface area (Å²) in [5.74, 6) is -0.460. The van der Waals surface area contributed by atoms with Crippen LogP contribution in [0.5, 0.6) is 0 Å². The number of rotatable bonds is 0. The lowest BCUT2D eigenvalue weighted by atomic mass is 9.58. The van der Waals surface area contributed by atoms with Gasteiger partial charge in [-0.1, -0.05) is 31.1 Å². The molecule has 2 N–H and O–H groups in total. The minimum absolute atomic E-state index is 0.0486. The van der Waals surface area contributed by atoms with Crippen LogP contribution in [0.25, 0.3) is 0 Å². The normalized spacial score (nSPS) is 58.8. The average molecular weight is 497 g/mol. The number of allylic oxidation sites excluding steroid dienone is 2. The molecule has 3 saturated carbocycles. The van der Waals surface area contributed by atoms with E-state index in [4.69, 9.17) is 9.47 Å². The molecule has 0 aromatic heterocycles. The van der Waals surface area contributed by atoms with Gasteiger partial charge in [0.05, 0.1) is 23.0 Å². The molecule has 6 nitrogen and oxygen atoms in total. The minimum atomic E-state index is -0.931. The molecule has 5 aliphatic carbocycles. The zero-order valence-corrected chi connectivity index (χ0v) is 22.3. The van der Waals surface area contributed by atoms with Crippen LogP contribution in [0.2, 0.25) is 0 Å². The lowest BCUT2D eigenvalue weighted by Gasteiger charge is -2.47. The van der Waals surface area contributed by atoms with Crippen LogP contribution in [0.15, 0.2) is 22.8 Å². The van der Waals surface area contributed by atoms with E-state index < -0.39 is 16.6 Å². The highest BCUT2D eigenvalue weighted by atomic mass is 16.6. The third-order valence-electron chi connectivity index (χ3n) is 12.4. The van der Waals surface area contributed by atoms with Crippen LogP contribution in [-0.2, 0) is 19.1 Å². The van der Waals surface area contributed by atoms with Crippen molar-refractivity contribution in [3.63, 3.8) is 0 Å². The van der Waals surface area contributed by atoms with Gasteiger partial charge in [0.2, 0.25) is 0 Å². The summed E-state index contributed by atoms with van der Waals surface area (Å²) in [5.41, 5.74) is 1.23. The van der Waals surface area contributed by atoms with Gasteiger partial charge in [-0.15, -0.1) is 0 Å². The molecule has 0 spiro atoms. The summed E-state index contributed by atoms with van der Waals surface area (Å²) in [6.45, 7) is 12.2. The second kappa shape index (κ2) is 6.85. The number of esters is 2. The maximum Gasteiger partial charge on any atom is 0.309 e. The maximum absolute atomic E-state index is 13.0. The molecular weight excluding hydrogens is 456 g/mol. The number of carbonyl (C=O) groups excluding carboxylic acids is 2. The molecule has 196 valence electrons. The Bertz CT molecular complexity index is 1130. The third kappa shape index (κ3) is 2.43. The SMILES string of the molecule is CC1=C[C@@H]2[C@@H]3C4C(=C(C)[C@@H]3[C@@]13[C@@H]2[C@@](C)(O)CC[C@H]1[C@H](C)C(=O)O[C@@H]13)[C@H]1OC(=O)C(C)C1CC[C@]4(C)O. The van der Waals surface area contributed by atoms with Crippen LogP contribution >= 0.6 is 0 Å². The second-order valence-electron chi connectivity index (χ2n) is 13.9. The molecule has 0 radical (unpaired) electrons. The predicted octanol–water partition coefficient (Wildman–Crippen LogP) is 3.80. The van der Waals surface area contributed by atoms with Crippen LogP contribution in [0.4, 0.5) is 0 Å². The van der Waals surface area contributed by atoms with Gasteiger partial charge in [-0.25, -0.2) is 0 Å². The van der Waals surface area contributed by atoms with Crippen molar-refractivity contribution in [3.8, 4) is 0 Å². The second-order valence-corrected chi connectivity index (χ2v) is 13.9. The van der Waals surface area contributed by atoms with Gasteiger partial charge in [-0.05, 0) is 76.7 Å². The topological polar surface area (TPSA) is 93.1 Å². The van der Waals surface area contributed by atoms with E-state index in [1.807, 2.05) is 27.7 Å². The standard InChI is InChI=1S/C30H40O6/c1-12-11-18-20-21(30(12)24(18)29(6,34)10-8-17-14(3)27(32)36-25(17)30)15(4)19-22(20)28(5,33)9-7-16-13(2)26(31)35-23(16)19/h11,13-14,16-18,20-25,33-34H,7-10H2,1-6H3/t13?,14-,16?,17-,18+,20-,21-,22?,23-,24-,25-,28-,29-,30+/m0/s1. The Balaban J connectivity index is 1.47. The molecule has 0 aromatic rings. The van der Waals surface area contributed by atoms with E-state index in [0.29, 0.717) is 12.8 Å². The van der Waals surface area contributed by atoms with E-state index in [1.165, 1.54) is 11.1 Å². The van der Waals surface area contributed by atoms with Crippen molar-refractivity contribution in [2.24, 2.45) is 58.7 Å². The minimum Gasteiger partial charge on any atom is -0.461 e. The zero-order valence-electron chi connectivity index (χ0n) is 22.3. The Morgan fingerprint density at radius 2 is 1.50 bits per heavy atom. The lowest BCUT2D eigenvalue weighted by molar-refractivity contribution is -0.153. The molecular formula is C30H40O6. The maximum atomic E-state index is 13.0. The Morgan fingerprint density at radius 3 is 2.22 bits per heavy atom. The summed E-state index contributed by atoms with van der Waals surface area (Å²) in [7, 11) is 0. The summed E-state index contributed by atoms with van der Waals surface area (Å²) in [6, 6.07) is 0. The van der Waals surface area contributed by atoms with Gasteiger partial charge in [0.15, 0.2) is 0 Å². The van der Waals surface area contributed by atoms with Gasteiger partial charge in [-0.2, -0.15) is 0 Å². The Kier molecular flexibility index (Phi) is 4.46. The fourth-order valence-corrected chi connectivity index (χ4v) is 11.0. The average Bonchev–Trinajstić information content (AvgIpc) is 3.49. The van der Waals surface area contributed by atoms with Crippen molar-refractivity contribution in [3.05, 3.63) is 22.8 Å². The van der Waals surface area contributed by atoms with Gasteiger partial charge in [0.25, 0.3) is 0 Å². The van der Waals surface area contributed by atoms with Crippen LogP contribution < -0.4 is 0 Å². The fourth-order valence-electron chi connectivity index (χ4n) is 11.0. The van der Waals surface area contributed by atoms with E-state index in [1.54, 1.807) is 0 Å². The van der Waals surface area contributed by atoms with Crippen molar-refractivity contribution < 1.29 is 29.3 Å². The zero-order chi connectivity index (χ0) is 25.7. The quantitative estimate of drug-likeness (QED) is 0.391. The summed E-state index contributed by atoms with van der Waals surface area (Å²) in [4.78, 5) is 25.7. The first-order chi connectivity index (χ1) is 16.8. The van der Waals surface area contributed by atoms with Crippen LogP contribution in [-0.4, -0.2) is 45.6 Å². The number of carbonyl (C=O) groups is 2. The largest absolute Gasteiger partial charge is 0.461 e. The Labute approximate surface area is 213 Å². The van der Waals surface area contributed by atoms with Crippen molar-refractivity contribution >= 4 is 11.9 Å². The molecule has 7 rings (SSSR count). The van der Waals surface area contributed by atoms with E-state index in [9.17, 15) is 19.8 Å². The van der Waals surface area contributed by atoms with Crippen molar-refractivity contribution in [1.29, 1.82) is 0 Å². The van der Waals surface area contributed by atoms with Gasteiger partial charge < -0.3 is 19.7 Å². The summed E-state index contributed by atoms with van der Waals surface area (Å²) >= 11 is 0. The number of hydrogen-bond donors (Lipinski definition) is 2. The smallest absolute Gasteiger partial charge is 0.309 e. The number of aliphatic hydroxyl groups is 2. The molecule has 3 unspecified atom stereocenters. The highest BCUT2D eigenvalue weighted by molar-refractivity contribution is 5.76. The first-order valence-corrected chi connectivity index (χ1v) is 14.1. The molecule has 7 aliphatic rings. The van der Waals surface area contributed by atoms with E-state index >= 15 is 0 Å². The van der Waals surface area contributed by atoms with E-state index in [2.05, 4.69) is 19.9 Å². The number of ether oxygens (including phenoxy) is 2. The molecule has 2 saturated heterocycles. The highest BCUT2D eigenvalue weighted by Gasteiger charge is 2.78. The first kappa shape index (κ1) is 23.5. The van der Waals surface area contributed by atoms with Gasteiger partial charge in [0, 0.05) is 29.1 Å². The predicted molar refractivity (Wildman–Crippen MR) is 131 cm³/mol. The highest BCUT2D eigenvalue weighted by Crippen LogP contribution is 2.78. The molecule has 2 aliphatic heterocycles. The Hall–Kier alpha value is -1.66. The van der Waals surface area contributed by atoms with E-state index in [0.717, 1.165) is 18.4 Å². The third-order valence-corrected chi connectivity index (χ3v) is 12.4. The molecule has 2 bridgehead atoms. The van der Waals surface area contributed by atoms with Crippen LogP contribution in [0, 0.1) is 58.7 Å². The summed E-state index contributed by atoms with van der Waals surface area (Å²) < 4.78 is 12.4. The molecule has 0 amide bonds. The van der Waals surface area contributed by atoms with Gasteiger partial charge in [0.1, 0.15) is 12.2 Å². The van der Waals surface area contributed by atoms with Crippen LogP contribution in [0.1, 0.15) is 67.2 Å². The lowest BCUT2D eigenvalue weighted by Crippen LogP contribution is -2.51. The first-order valence-electron chi connectivity index (χ1n) is 14.1. The molecule has 2 heterocycles. The monoisotopic (exact) mass is 496 g/mol. The van der Waals surface area contributed by atoms with Gasteiger partial charge in [-0.3, -0.25) is 9.59 Å². The molecule has 6 heteroatoms. The molecule has 0 aromatic carbocycles. The number of fused-ring (bicyclic) bond motifs is 7. The Morgan fingerprint density at radius 1 is 0.889 bits per heavy atom. The molecule has 36 heavy (non-hydrogen) atoms. The van der Waals surface area contributed by atoms with E-state index in [-0.39, 0.29) is 77.4 Å². The van der Waals surface area contributed by atoms with Crippen molar-refractivity contribution in [2.75, 3.05) is 0 Å². The summed E-state index contributed by atoms with van der Waals surface area (Å²) in [6.07, 6.45) is 4.59.